The average molecular weight is 518 g/mol. The van der Waals surface area contributed by atoms with E-state index in [1.807, 2.05) is 0 Å². The Bertz CT molecular complexity index is 557. The summed E-state index contributed by atoms with van der Waals surface area (Å²) < 4.78 is 46.1. The Kier molecular flexibility index (Phi) is 14.0. The van der Waals surface area contributed by atoms with E-state index in [1.165, 1.54) is 12.1 Å². The molecule has 1 rings (SSSR count). The number of aliphatic imine (C=N–C) groups is 1. The van der Waals surface area contributed by atoms with Gasteiger partial charge in [-0.15, -0.1) is 24.0 Å². The first-order valence-electron chi connectivity index (χ1n) is 8.74. The van der Waals surface area contributed by atoms with Crippen molar-refractivity contribution >= 4 is 29.9 Å². The fourth-order valence-electron chi connectivity index (χ4n) is 2.23. The number of ether oxygens (including phenoxy) is 2. The number of nitrogens with zero attached hydrogens (tertiary/aromatic N) is 2. The van der Waals surface area contributed by atoms with Crippen LogP contribution >= 0.6 is 24.0 Å². The van der Waals surface area contributed by atoms with Gasteiger partial charge in [0, 0.05) is 46.9 Å². The van der Waals surface area contributed by atoms with Crippen LogP contribution in [0.2, 0.25) is 0 Å². The molecule has 1 aromatic carbocycles. The molecule has 0 bridgehead atoms. The Labute approximate surface area is 181 Å². The molecule has 162 valence electrons. The number of methoxy groups -OCH3 is 1. The highest BCUT2D eigenvalue weighted by Crippen LogP contribution is 2.18. The number of halogens is 4. The second kappa shape index (κ2) is 14.7. The maximum absolute atomic E-state index is 12.1. The molecule has 0 atom stereocenters. The van der Waals surface area contributed by atoms with Gasteiger partial charge in [0.25, 0.3) is 0 Å². The first kappa shape index (κ1) is 26.7. The molecule has 6 nitrogen and oxygen atoms in total. The van der Waals surface area contributed by atoms with Gasteiger partial charge in [0.15, 0.2) is 12.6 Å². The van der Waals surface area contributed by atoms with Crippen LogP contribution in [0.15, 0.2) is 29.3 Å². The second-order valence-electron chi connectivity index (χ2n) is 6.05. The van der Waals surface area contributed by atoms with Crippen molar-refractivity contribution in [3.8, 4) is 5.75 Å². The molecule has 0 heterocycles. The largest absolute Gasteiger partial charge is 0.484 e. The van der Waals surface area contributed by atoms with Gasteiger partial charge in [-0.25, -0.2) is 0 Å². The average Bonchev–Trinajstić information content (AvgIpc) is 2.63. The summed E-state index contributed by atoms with van der Waals surface area (Å²) >= 11 is 0. The first-order valence-corrected chi connectivity index (χ1v) is 8.74. The fraction of sp³-hybridized carbons (Fsp3) is 0.611. The van der Waals surface area contributed by atoms with Crippen molar-refractivity contribution in [2.45, 2.75) is 19.1 Å². The third kappa shape index (κ3) is 13.0. The summed E-state index contributed by atoms with van der Waals surface area (Å²) in [6, 6.07) is 6.48. The van der Waals surface area contributed by atoms with Crippen LogP contribution in [0.1, 0.15) is 12.0 Å². The standard InChI is InChI=1S/C18H29F3N4O2.HI/c1-22-17(23-9-11-25(2)10-4-12-26-3)24-13-15-5-7-16(8-6-15)27-14-18(19,20)21;/h5-8H,4,9-14H2,1-3H3,(H2,22,23,24);1H. The highest BCUT2D eigenvalue weighted by Gasteiger charge is 2.28. The van der Waals surface area contributed by atoms with Crippen LogP contribution in [0, 0.1) is 0 Å². The van der Waals surface area contributed by atoms with Crippen molar-refractivity contribution in [3.63, 3.8) is 0 Å². The quantitative estimate of drug-likeness (QED) is 0.204. The smallest absolute Gasteiger partial charge is 0.422 e. The number of nitrogens with one attached hydrogen (secondary N) is 2. The predicted molar refractivity (Wildman–Crippen MR) is 116 cm³/mol. The van der Waals surface area contributed by atoms with Gasteiger partial charge in [-0.2, -0.15) is 13.2 Å². The molecule has 0 saturated carbocycles. The molecule has 10 heteroatoms. The van der Waals surface area contributed by atoms with Crippen LogP contribution in [0.4, 0.5) is 13.2 Å². The molecule has 0 unspecified atom stereocenters. The predicted octanol–water partition coefficient (Wildman–Crippen LogP) is 2.88. The summed E-state index contributed by atoms with van der Waals surface area (Å²) in [7, 11) is 5.43. The molecule has 0 aromatic heterocycles. The molecule has 0 saturated heterocycles. The minimum absolute atomic E-state index is 0. The Balaban J connectivity index is 0.00000729. The molecule has 0 aliphatic rings. The number of alkyl halides is 3. The van der Waals surface area contributed by atoms with Crippen molar-refractivity contribution < 1.29 is 22.6 Å². The van der Waals surface area contributed by atoms with Crippen LogP contribution in [0.25, 0.3) is 0 Å². The van der Waals surface area contributed by atoms with E-state index in [-0.39, 0.29) is 29.7 Å². The summed E-state index contributed by atoms with van der Waals surface area (Å²) in [5.41, 5.74) is 0.911. The lowest BCUT2D eigenvalue weighted by Gasteiger charge is -2.18. The van der Waals surface area contributed by atoms with E-state index in [4.69, 9.17) is 4.74 Å². The molecule has 0 fully saturated rings. The number of benzene rings is 1. The highest BCUT2D eigenvalue weighted by atomic mass is 127. The van der Waals surface area contributed by atoms with Gasteiger partial charge in [-0.1, -0.05) is 12.1 Å². The van der Waals surface area contributed by atoms with Crippen molar-refractivity contribution in [3.05, 3.63) is 29.8 Å². The lowest BCUT2D eigenvalue weighted by molar-refractivity contribution is -0.153. The molecule has 28 heavy (non-hydrogen) atoms. The molecule has 0 spiro atoms. The Morgan fingerprint density at radius 2 is 1.82 bits per heavy atom. The number of guanidine groups is 1. The monoisotopic (exact) mass is 518 g/mol. The van der Waals surface area contributed by atoms with Crippen LogP contribution < -0.4 is 15.4 Å². The van der Waals surface area contributed by atoms with Gasteiger partial charge >= 0.3 is 6.18 Å². The maximum atomic E-state index is 12.1. The van der Waals surface area contributed by atoms with Crippen molar-refractivity contribution in [2.24, 2.45) is 4.99 Å². The summed E-state index contributed by atoms with van der Waals surface area (Å²) in [5.74, 6) is 0.854. The third-order valence-corrected chi connectivity index (χ3v) is 3.68. The number of rotatable bonds is 11. The van der Waals surface area contributed by atoms with Crippen molar-refractivity contribution in [1.82, 2.24) is 15.5 Å². The van der Waals surface area contributed by atoms with E-state index in [1.54, 1.807) is 26.3 Å². The van der Waals surface area contributed by atoms with E-state index >= 15 is 0 Å². The Hall–Kier alpha value is -1.27. The minimum atomic E-state index is -4.34. The van der Waals surface area contributed by atoms with Crippen LogP contribution in [0.3, 0.4) is 0 Å². The molecule has 0 amide bonds. The van der Waals surface area contributed by atoms with E-state index < -0.39 is 12.8 Å². The summed E-state index contributed by atoms with van der Waals surface area (Å²) in [5, 5.41) is 6.39. The lowest BCUT2D eigenvalue weighted by atomic mass is 10.2. The van der Waals surface area contributed by atoms with Crippen molar-refractivity contribution in [2.75, 3.05) is 54.1 Å². The SMILES string of the molecule is CN=C(NCCN(C)CCCOC)NCc1ccc(OCC(F)(F)F)cc1.I. The third-order valence-electron chi connectivity index (χ3n) is 3.68. The van der Waals surface area contributed by atoms with E-state index in [2.05, 4.69) is 32.3 Å². The maximum Gasteiger partial charge on any atom is 0.422 e. The van der Waals surface area contributed by atoms with Gasteiger partial charge in [0.05, 0.1) is 0 Å². The van der Waals surface area contributed by atoms with Gasteiger partial charge < -0.3 is 25.0 Å². The van der Waals surface area contributed by atoms with Gasteiger partial charge in [-0.05, 0) is 31.2 Å². The number of likely N-dealkylation sites (N-methyl/N-ethyl adjacent to an activating group) is 1. The topological polar surface area (TPSA) is 58.1 Å². The van der Waals surface area contributed by atoms with Crippen LogP contribution in [0.5, 0.6) is 5.75 Å². The molecule has 1 aromatic rings. The Morgan fingerprint density at radius 3 is 2.39 bits per heavy atom. The molecular formula is C18H30F3IN4O2. The molecule has 0 radical (unpaired) electrons. The zero-order valence-corrected chi connectivity index (χ0v) is 18.8. The van der Waals surface area contributed by atoms with Gasteiger partial charge in [0.1, 0.15) is 5.75 Å². The summed E-state index contributed by atoms with van der Waals surface area (Å²) in [4.78, 5) is 6.36. The normalized spacial score (nSPS) is 11.9. The zero-order valence-electron chi connectivity index (χ0n) is 16.5. The number of hydrogen-bond acceptors (Lipinski definition) is 4. The van der Waals surface area contributed by atoms with E-state index in [0.29, 0.717) is 12.5 Å². The lowest BCUT2D eigenvalue weighted by Crippen LogP contribution is -2.40. The summed E-state index contributed by atoms with van der Waals surface area (Å²) in [6.45, 7) is 2.54. The van der Waals surface area contributed by atoms with Gasteiger partial charge in [-0.3, -0.25) is 4.99 Å². The molecule has 0 aliphatic carbocycles. The minimum Gasteiger partial charge on any atom is -0.484 e. The highest BCUT2D eigenvalue weighted by molar-refractivity contribution is 14.0. The second-order valence-corrected chi connectivity index (χ2v) is 6.05. The zero-order chi connectivity index (χ0) is 20.1. The summed E-state index contributed by atoms with van der Waals surface area (Å²) in [6.07, 6.45) is -3.35. The van der Waals surface area contributed by atoms with E-state index in [0.717, 1.165) is 38.2 Å². The van der Waals surface area contributed by atoms with Crippen molar-refractivity contribution in [1.29, 1.82) is 0 Å². The first-order chi connectivity index (χ1) is 12.8. The fourth-order valence-corrected chi connectivity index (χ4v) is 2.23. The Morgan fingerprint density at radius 1 is 1.14 bits per heavy atom. The molecule has 0 aliphatic heterocycles. The van der Waals surface area contributed by atoms with E-state index in [9.17, 15) is 13.2 Å². The number of hydrogen-bond donors (Lipinski definition) is 2. The molecule has 2 N–H and O–H groups in total. The van der Waals surface area contributed by atoms with Crippen LogP contribution in [-0.4, -0.2) is 71.1 Å². The van der Waals surface area contributed by atoms with Crippen LogP contribution in [-0.2, 0) is 11.3 Å². The molecular weight excluding hydrogens is 488 g/mol. The van der Waals surface area contributed by atoms with Gasteiger partial charge in [0.2, 0.25) is 0 Å².